The number of nitrogens with one attached hydrogen (secondary N) is 1. The highest BCUT2D eigenvalue weighted by atomic mass is 32.2. The van der Waals surface area contributed by atoms with Gasteiger partial charge in [0, 0.05) is 20.1 Å². The van der Waals surface area contributed by atoms with Crippen LogP contribution >= 0.6 is 0 Å². The van der Waals surface area contributed by atoms with Gasteiger partial charge in [-0.25, -0.2) is 0 Å². The Morgan fingerprint density at radius 1 is 1.05 bits per heavy atom. The maximum atomic E-state index is 11.9. The van der Waals surface area contributed by atoms with E-state index in [-0.39, 0.29) is 6.04 Å². The first-order valence-corrected chi connectivity index (χ1v) is 7.53. The second kappa shape index (κ2) is 5.28. The fourth-order valence-corrected chi connectivity index (χ4v) is 2.80. The van der Waals surface area contributed by atoms with Crippen molar-refractivity contribution in [1.82, 2.24) is 9.03 Å². The molecule has 5 heteroatoms. The molecule has 102 valence electrons. The maximum Gasteiger partial charge on any atom is 0.279 e. The predicted octanol–water partition coefficient (Wildman–Crippen LogP) is 2.30. The Morgan fingerprint density at radius 3 is 2.37 bits per heavy atom. The van der Waals surface area contributed by atoms with Crippen LogP contribution in [-0.2, 0) is 10.2 Å². The van der Waals surface area contributed by atoms with Crippen LogP contribution in [0.3, 0.4) is 0 Å². The summed E-state index contributed by atoms with van der Waals surface area (Å²) in [5, 5.41) is 2.18. The molecule has 2 aromatic rings. The molecule has 0 aliphatic carbocycles. The van der Waals surface area contributed by atoms with E-state index >= 15 is 0 Å². The lowest BCUT2D eigenvalue weighted by Crippen LogP contribution is -2.37. The van der Waals surface area contributed by atoms with E-state index in [1.165, 1.54) is 18.4 Å². The SMILES string of the molecule is C[C@H](NS(=O)(=O)N(C)C)c1cccc2ccccc12. The second-order valence-electron chi connectivity index (χ2n) is 4.70. The zero-order valence-corrected chi connectivity index (χ0v) is 12.1. The molecular formula is C14H18N2O2S. The van der Waals surface area contributed by atoms with Gasteiger partial charge in [-0.1, -0.05) is 42.5 Å². The number of hydrogen-bond donors (Lipinski definition) is 1. The van der Waals surface area contributed by atoms with E-state index in [4.69, 9.17) is 0 Å². The summed E-state index contributed by atoms with van der Waals surface area (Å²) in [5.41, 5.74) is 0.975. The van der Waals surface area contributed by atoms with Crippen molar-refractivity contribution in [1.29, 1.82) is 0 Å². The first kappa shape index (κ1) is 14.0. The third-order valence-electron chi connectivity index (χ3n) is 3.10. The van der Waals surface area contributed by atoms with Gasteiger partial charge in [-0.05, 0) is 23.3 Å². The predicted molar refractivity (Wildman–Crippen MR) is 78.1 cm³/mol. The Labute approximate surface area is 114 Å². The summed E-state index contributed by atoms with van der Waals surface area (Å²) in [6, 6.07) is 13.6. The maximum absolute atomic E-state index is 11.9. The summed E-state index contributed by atoms with van der Waals surface area (Å²) in [4.78, 5) is 0. The van der Waals surface area contributed by atoms with Gasteiger partial charge >= 0.3 is 0 Å². The second-order valence-corrected chi connectivity index (χ2v) is 6.61. The van der Waals surface area contributed by atoms with Crippen LogP contribution in [0, 0.1) is 0 Å². The highest BCUT2D eigenvalue weighted by Gasteiger charge is 2.18. The standard InChI is InChI=1S/C14H18N2O2S/c1-11(15-19(17,18)16(2)3)13-10-6-8-12-7-4-5-9-14(12)13/h4-11,15H,1-3H3/t11-/m0/s1. The van der Waals surface area contributed by atoms with Crippen molar-refractivity contribution in [3.8, 4) is 0 Å². The molecule has 0 spiro atoms. The van der Waals surface area contributed by atoms with Gasteiger partial charge in [-0.2, -0.15) is 17.4 Å². The van der Waals surface area contributed by atoms with Gasteiger partial charge < -0.3 is 0 Å². The number of fused-ring (bicyclic) bond motifs is 1. The van der Waals surface area contributed by atoms with Crippen molar-refractivity contribution in [3.63, 3.8) is 0 Å². The molecule has 0 fully saturated rings. The summed E-state index contributed by atoms with van der Waals surface area (Å²) in [6.07, 6.45) is 0. The molecule has 0 aromatic heterocycles. The van der Waals surface area contributed by atoms with Gasteiger partial charge in [-0.3, -0.25) is 0 Å². The van der Waals surface area contributed by atoms with E-state index in [1.54, 1.807) is 0 Å². The zero-order chi connectivity index (χ0) is 14.0. The highest BCUT2D eigenvalue weighted by molar-refractivity contribution is 7.87. The summed E-state index contributed by atoms with van der Waals surface area (Å²) in [6.45, 7) is 1.85. The van der Waals surface area contributed by atoms with E-state index in [1.807, 2.05) is 49.4 Å². The summed E-state index contributed by atoms with van der Waals surface area (Å²) < 4.78 is 27.6. The average Bonchev–Trinajstić information content (AvgIpc) is 2.37. The molecule has 0 amide bonds. The first-order valence-electron chi connectivity index (χ1n) is 6.09. The fourth-order valence-electron chi connectivity index (χ4n) is 2.02. The summed E-state index contributed by atoms with van der Waals surface area (Å²) in [7, 11) is -0.407. The number of nitrogens with zero attached hydrogens (tertiary/aromatic N) is 1. The molecule has 0 saturated heterocycles. The lowest BCUT2D eigenvalue weighted by molar-refractivity contribution is 0.495. The summed E-state index contributed by atoms with van der Waals surface area (Å²) >= 11 is 0. The van der Waals surface area contributed by atoms with Gasteiger partial charge in [0.15, 0.2) is 0 Å². The Kier molecular flexibility index (Phi) is 3.89. The van der Waals surface area contributed by atoms with Crippen LogP contribution in [-0.4, -0.2) is 26.8 Å². The summed E-state index contributed by atoms with van der Waals surface area (Å²) in [5.74, 6) is 0. The quantitative estimate of drug-likeness (QED) is 0.933. The monoisotopic (exact) mass is 278 g/mol. The largest absolute Gasteiger partial charge is 0.279 e. The van der Waals surface area contributed by atoms with Crippen LogP contribution in [0.1, 0.15) is 18.5 Å². The third-order valence-corrected chi connectivity index (χ3v) is 4.71. The molecular weight excluding hydrogens is 260 g/mol. The molecule has 1 atom stereocenters. The number of rotatable bonds is 4. The van der Waals surface area contributed by atoms with Crippen LogP contribution in [0.25, 0.3) is 10.8 Å². The van der Waals surface area contributed by atoms with Crippen molar-refractivity contribution in [2.24, 2.45) is 0 Å². The van der Waals surface area contributed by atoms with E-state index in [0.717, 1.165) is 16.3 Å². The molecule has 0 aliphatic rings. The fraction of sp³-hybridized carbons (Fsp3) is 0.286. The van der Waals surface area contributed by atoms with Crippen LogP contribution in [0.4, 0.5) is 0 Å². The molecule has 0 saturated carbocycles. The van der Waals surface area contributed by atoms with Gasteiger partial charge in [0.2, 0.25) is 0 Å². The van der Waals surface area contributed by atoms with Crippen molar-refractivity contribution >= 4 is 21.0 Å². The lowest BCUT2D eigenvalue weighted by Gasteiger charge is -2.19. The topological polar surface area (TPSA) is 49.4 Å². The lowest BCUT2D eigenvalue weighted by atomic mass is 10.0. The van der Waals surface area contributed by atoms with Crippen LogP contribution < -0.4 is 4.72 Å². The van der Waals surface area contributed by atoms with Crippen molar-refractivity contribution < 1.29 is 8.42 Å². The van der Waals surface area contributed by atoms with E-state index in [0.29, 0.717) is 0 Å². The van der Waals surface area contributed by atoms with E-state index in [2.05, 4.69) is 4.72 Å². The molecule has 1 N–H and O–H groups in total. The molecule has 0 heterocycles. The molecule has 0 unspecified atom stereocenters. The Bertz CT molecular complexity index is 675. The van der Waals surface area contributed by atoms with Gasteiger partial charge in [-0.15, -0.1) is 0 Å². The van der Waals surface area contributed by atoms with Crippen molar-refractivity contribution in [2.75, 3.05) is 14.1 Å². The van der Waals surface area contributed by atoms with Gasteiger partial charge in [0.1, 0.15) is 0 Å². The smallest absolute Gasteiger partial charge is 0.195 e. The number of benzene rings is 2. The van der Waals surface area contributed by atoms with Gasteiger partial charge in [0.25, 0.3) is 10.2 Å². The van der Waals surface area contributed by atoms with Gasteiger partial charge in [0.05, 0.1) is 0 Å². The molecule has 19 heavy (non-hydrogen) atoms. The molecule has 2 rings (SSSR count). The minimum atomic E-state index is -3.43. The van der Waals surface area contributed by atoms with Crippen molar-refractivity contribution in [3.05, 3.63) is 48.0 Å². The van der Waals surface area contributed by atoms with Crippen molar-refractivity contribution in [2.45, 2.75) is 13.0 Å². The van der Waals surface area contributed by atoms with E-state index in [9.17, 15) is 8.42 Å². The van der Waals surface area contributed by atoms with Crippen LogP contribution in [0.5, 0.6) is 0 Å². The molecule has 0 aliphatic heterocycles. The first-order chi connectivity index (χ1) is 8.92. The normalized spacial score (nSPS) is 13.9. The minimum Gasteiger partial charge on any atom is -0.195 e. The Balaban J connectivity index is 2.40. The molecule has 0 radical (unpaired) electrons. The molecule has 2 aromatic carbocycles. The molecule has 4 nitrogen and oxygen atoms in total. The third kappa shape index (κ3) is 2.94. The Morgan fingerprint density at radius 2 is 1.68 bits per heavy atom. The molecule has 0 bridgehead atoms. The van der Waals surface area contributed by atoms with Crippen LogP contribution in [0.2, 0.25) is 0 Å². The average molecular weight is 278 g/mol. The van der Waals surface area contributed by atoms with Crippen LogP contribution in [0.15, 0.2) is 42.5 Å². The number of hydrogen-bond acceptors (Lipinski definition) is 2. The zero-order valence-electron chi connectivity index (χ0n) is 11.3. The Hall–Kier alpha value is -1.43. The minimum absolute atomic E-state index is 0.279. The van der Waals surface area contributed by atoms with E-state index < -0.39 is 10.2 Å². The highest BCUT2D eigenvalue weighted by Crippen LogP contribution is 2.24.